The maximum Gasteiger partial charge on any atom is 0.253 e. The molecule has 0 aromatic heterocycles. The molecule has 1 aromatic carbocycles. The molecule has 0 aliphatic carbocycles. The number of carbonyl (C=O) groups excluding carboxylic acids is 1. The smallest absolute Gasteiger partial charge is 0.253 e. The highest BCUT2D eigenvalue weighted by Gasteiger charge is 2.16. The molecule has 0 bridgehead atoms. The number of hydrogen-bond acceptors (Lipinski definition) is 3. The van der Waals surface area contributed by atoms with Gasteiger partial charge in [-0.3, -0.25) is 4.79 Å². The average Bonchev–Trinajstić information content (AvgIpc) is 2.44. The van der Waals surface area contributed by atoms with Gasteiger partial charge in [0.25, 0.3) is 5.91 Å². The van der Waals surface area contributed by atoms with Gasteiger partial charge in [-0.05, 0) is 37.4 Å². The SMILES string of the molecule is CSCC(C)N(C)C(=O)c1ccc(C#CCN)cc1. The number of nitrogens with zero attached hydrogens (tertiary/aromatic N) is 1. The summed E-state index contributed by atoms with van der Waals surface area (Å²) in [4.78, 5) is 14.0. The van der Waals surface area contributed by atoms with E-state index in [1.54, 1.807) is 16.7 Å². The number of benzene rings is 1. The van der Waals surface area contributed by atoms with E-state index in [9.17, 15) is 4.79 Å². The lowest BCUT2D eigenvalue weighted by molar-refractivity contribution is 0.0757. The Morgan fingerprint density at radius 3 is 2.58 bits per heavy atom. The first-order valence-electron chi connectivity index (χ1n) is 6.15. The highest BCUT2D eigenvalue weighted by atomic mass is 32.2. The van der Waals surface area contributed by atoms with Crippen molar-refractivity contribution in [2.24, 2.45) is 5.73 Å². The largest absolute Gasteiger partial charge is 0.338 e. The molecule has 0 fully saturated rings. The number of hydrogen-bond donors (Lipinski definition) is 1. The van der Waals surface area contributed by atoms with Gasteiger partial charge in [-0.2, -0.15) is 11.8 Å². The van der Waals surface area contributed by atoms with Crippen LogP contribution in [0.4, 0.5) is 0 Å². The number of nitrogens with two attached hydrogens (primary N) is 1. The third-order valence-electron chi connectivity index (χ3n) is 2.86. The lowest BCUT2D eigenvalue weighted by Crippen LogP contribution is -2.36. The van der Waals surface area contributed by atoms with Crippen LogP contribution in [0.25, 0.3) is 0 Å². The van der Waals surface area contributed by atoms with Crippen molar-refractivity contribution in [3.05, 3.63) is 35.4 Å². The van der Waals surface area contributed by atoms with Crippen LogP contribution in [-0.4, -0.2) is 42.4 Å². The molecule has 19 heavy (non-hydrogen) atoms. The molecule has 0 aliphatic rings. The summed E-state index contributed by atoms with van der Waals surface area (Å²) in [5.74, 6) is 6.70. The second-order valence-corrected chi connectivity index (χ2v) is 5.21. The van der Waals surface area contributed by atoms with Gasteiger partial charge < -0.3 is 10.6 Å². The van der Waals surface area contributed by atoms with E-state index >= 15 is 0 Å². The van der Waals surface area contributed by atoms with Gasteiger partial charge in [-0.1, -0.05) is 11.8 Å². The van der Waals surface area contributed by atoms with Gasteiger partial charge in [0.05, 0.1) is 6.54 Å². The molecule has 0 heterocycles. The van der Waals surface area contributed by atoms with Crippen molar-refractivity contribution in [3.8, 4) is 11.8 Å². The number of carbonyl (C=O) groups is 1. The van der Waals surface area contributed by atoms with Crippen LogP contribution in [0.15, 0.2) is 24.3 Å². The second kappa shape index (κ2) is 7.88. The van der Waals surface area contributed by atoms with Gasteiger partial charge in [0, 0.05) is 30.0 Å². The predicted molar refractivity (Wildman–Crippen MR) is 82.3 cm³/mol. The summed E-state index contributed by atoms with van der Waals surface area (Å²) in [5, 5.41) is 0. The van der Waals surface area contributed by atoms with Crippen molar-refractivity contribution < 1.29 is 4.79 Å². The fourth-order valence-electron chi connectivity index (χ4n) is 1.61. The van der Waals surface area contributed by atoms with Gasteiger partial charge in [-0.15, -0.1) is 0 Å². The van der Waals surface area contributed by atoms with Crippen LogP contribution in [0.5, 0.6) is 0 Å². The van der Waals surface area contributed by atoms with Crippen molar-refractivity contribution in [1.29, 1.82) is 0 Å². The number of rotatable bonds is 4. The quantitative estimate of drug-likeness (QED) is 0.853. The summed E-state index contributed by atoms with van der Waals surface area (Å²) in [6.45, 7) is 2.39. The van der Waals surface area contributed by atoms with E-state index in [0.29, 0.717) is 12.1 Å². The summed E-state index contributed by atoms with van der Waals surface area (Å²) in [6, 6.07) is 7.54. The van der Waals surface area contributed by atoms with Gasteiger partial charge in [0.15, 0.2) is 0 Å². The number of thioether (sulfide) groups is 1. The lowest BCUT2D eigenvalue weighted by atomic mass is 10.1. The zero-order chi connectivity index (χ0) is 14.3. The van der Waals surface area contributed by atoms with Crippen LogP contribution in [0.1, 0.15) is 22.8 Å². The van der Waals surface area contributed by atoms with E-state index < -0.39 is 0 Å². The minimum absolute atomic E-state index is 0.0416. The second-order valence-electron chi connectivity index (χ2n) is 4.30. The first kappa shape index (κ1) is 15.6. The fraction of sp³-hybridized carbons (Fsp3) is 0.400. The summed E-state index contributed by atoms with van der Waals surface area (Å²) < 4.78 is 0. The van der Waals surface area contributed by atoms with Crippen molar-refractivity contribution in [2.75, 3.05) is 25.6 Å². The zero-order valence-corrected chi connectivity index (χ0v) is 12.5. The maximum atomic E-state index is 12.2. The Kier molecular flexibility index (Phi) is 6.48. The number of amides is 1. The Labute approximate surface area is 119 Å². The minimum Gasteiger partial charge on any atom is -0.338 e. The van der Waals surface area contributed by atoms with Crippen LogP contribution in [0, 0.1) is 11.8 Å². The van der Waals surface area contributed by atoms with E-state index in [4.69, 9.17) is 5.73 Å². The van der Waals surface area contributed by atoms with Gasteiger partial charge >= 0.3 is 0 Å². The molecule has 4 heteroatoms. The van der Waals surface area contributed by atoms with Crippen LogP contribution in [0.2, 0.25) is 0 Å². The Hall–Kier alpha value is -1.44. The molecule has 1 unspecified atom stereocenters. The molecule has 0 saturated carbocycles. The summed E-state index contributed by atoms with van der Waals surface area (Å²) >= 11 is 1.74. The molecule has 0 radical (unpaired) electrons. The van der Waals surface area contributed by atoms with Gasteiger partial charge in [0.1, 0.15) is 0 Å². The summed E-state index contributed by atoms with van der Waals surface area (Å²) in [6.07, 6.45) is 2.04. The van der Waals surface area contributed by atoms with Crippen molar-refractivity contribution >= 4 is 17.7 Å². The molecule has 3 nitrogen and oxygen atoms in total. The first-order valence-corrected chi connectivity index (χ1v) is 7.54. The average molecular weight is 276 g/mol. The Morgan fingerprint density at radius 2 is 2.05 bits per heavy atom. The van der Waals surface area contributed by atoms with E-state index in [2.05, 4.69) is 18.8 Å². The lowest BCUT2D eigenvalue weighted by Gasteiger charge is -2.24. The molecular formula is C15H20N2OS. The van der Waals surface area contributed by atoms with Crippen LogP contribution < -0.4 is 5.73 Å². The Morgan fingerprint density at radius 1 is 1.42 bits per heavy atom. The summed E-state index contributed by atoms with van der Waals surface area (Å²) in [5.41, 5.74) is 6.88. The van der Waals surface area contributed by atoms with Crippen molar-refractivity contribution in [3.63, 3.8) is 0 Å². The normalized spacial score (nSPS) is 11.4. The zero-order valence-electron chi connectivity index (χ0n) is 11.6. The molecule has 0 saturated heterocycles. The molecule has 1 rings (SSSR count). The molecule has 0 aliphatic heterocycles. The van der Waals surface area contributed by atoms with Gasteiger partial charge in [0.2, 0.25) is 0 Å². The van der Waals surface area contributed by atoms with E-state index in [-0.39, 0.29) is 11.9 Å². The standard InChI is InChI=1S/C15H20N2OS/c1-12(11-19-3)17(2)15(18)14-8-6-13(7-9-14)5-4-10-16/h6-9,12H,10-11,16H2,1-3H3. The third-order valence-corrected chi connectivity index (χ3v) is 3.67. The Balaban J connectivity index is 2.77. The molecular weight excluding hydrogens is 256 g/mol. The van der Waals surface area contributed by atoms with E-state index in [0.717, 1.165) is 11.3 Å². The summed E-state index contributed by atoms with van der Waals surface area (Å²) in [7, 11) is 1.84. The molecule has 102 valence electrons. The van der Waals surface area contributed by atoms with E-state index in [1.807, 2.05) is 37.6 Å². The van der Waals surface area contributed by atoms with Crippen LogP contribution >= 0.6 is 11.8 Å². The Bertz CT molecular complexity index is 473. The molecule has 1 atom stereocenters. The minimum atomic E-state index is 0.0416. The fourth-order valence-corrected chi connectivity index (χ4v) is 2.31. The van der Waals surface area contributed by atoms with E-state index in [1.165, 1.54) is 0 Å². The third kappa shape index (κ3) is 4.62. The molecule has 1 aromatic rings. The first-order chi connectivity index (χ1) is 9.10. The highest BCUT2D eigenvalue weighted by Crippen LogP contribution is 2.10. The highest BCUT2D eigenvalue weighted by molar-refractivity contribution is 7.98. The van der Waals surface area contributed by atoms with Crippen LogP contribution in [0.3, 0.4) is 0 Å². The topological polar surface area (TPSA) is 46.3 Å². The predicted octanol–water partition coefficient (Wildman–Crippen LogP) is 1.82. The van der Waals surface area contributed by atoms with Gasteiger partial charge in [-0.25, -0.2) is 0 Å². The molecule has 1 amide bonds. The maximum absolute atomic E-state index is 12.2. The monoisotopic (exact) mass is 276 g/mol. The van der Waals surface area contributed by atoms with Crippen molar-refractivity contribution in [2.45, 2.75) is 13.0 Å². The van der Waals surface area contributed by atoms with Crippen LogP contribution in [-0.2, 0) is 0 Å². The molecule has 2 N–H and O–H groups in total. The van der Waals surface area contributed by atoms with Crippen molar-refractivity contribution in [1.82, 2.24) is 4.90 Å². The molecule has 0 spiro atoms.